The largest absolute Gasteiger partial charge is 0.285 e. The monoisotopic (exact) mass is 351 g/mol. The summed E-state index contributed by atoms with van der Waals surface area (Å²) >= 11 is 0. The van der Waals surface area contributed by atoms with Gasteiger partial charge in [-0.1, -0.05) is 19.4 Å². The van der Waals surface area contributed by atoms with Gasteiger partial charge in [-0.05, 0) is 73.1 Å². The first-order chi connectivity index (χ1) is 12.7. The zero-order valence-corrected chi connectivity index (χ0v) is 15.9. The van der Waals surface area contributed by atoms with E-state index >= 15 is 0 Å². The van der Waals surface area contributed by atoms with Gasteiger partial charge in [-0.3, -0.25) is 20.2 Å². The van der Waals surface area contributed by atoms with E-state index in [0.29, 0.717) is 5.92 Å². The first-order valence-electron chi connectivity index (χ1n) is 9.74. The van der Waals surface area contributed by atoms with E-state index in [9.17, 15) is 4.79 Å². The zero-order valence-electron chi connectivity index (χ0n) is 15.9. The highest BCUT2D eigenvalue weighted by molar-refractivity contribution is 5.75. The Morgan fingerprint density at radius 3 is 2.58 bits per heavy atom. The minimum absolute atomic E-state index is 0.0345. The first-order valence-corrected chi connectivity index (χ1v) is 9.74. The molecule has 4 nitrogen and oxygen atoms in total. The molecule has 1 aliphatic carbocycles. The van der Waals surface area contributed by atoms with Gasteiger partial charge in [-0.25, -0.2) is 0 Å². The van der Waals surface area contributed by atoms with Crippen LogP contribution in [0.15, 0.2) is 42.7 Å². The molecule has 1 unspecified atom stereocenters. The first kappa shape index (κ1) is 18.4. The predicted octanol–water partition coefficient (Wildman–Crippen LogP) is 4.40. The van der Waals surface area contributed by atoms with Crippen molar-refractivity contribution < 1.29 is 4.79 Å². The van der Waals surface area contributed by atoms with E-state index < -0.39 is 0 Å². The average molecular weight is 351 g/mol. The zero-order chi connectivity index (χ0) is 18.4. The Morgan fingerprint density at radius 2 is 1.88 bits per heavy atom. The van der Waals surface area contributed by atoms with E-state index in [4.69, 9.17) is 0 Å². The van der Waals surface area contributed by atoms with Gasteiger partial charge < -0.3 is 0 Å². The van der Waals surface area contributed by atoms with Crippen LogP contribution >= 0.6 is 0 Å². The van der Waals surface area contributed by atoms with Crippen molar-refractivity contribution >= 4 is 11.6 Å². The summed E-state index contributed by atoms with van der Waals surface area (Å²) in [6.07, 6.45) is 10.7. The van der Waals surface area contributed by atoms with Crippen LogP contribution in [0.25, 0.3) is 0 Å². The van der Waals surface area contributed by atoms with Crippen molar-refractivity contribution in [1.82, 2.24) is 10.4 Å². The number of anilines is 1. The normalized spacial score (nSPS) is 14.4. The van der Waals surface area contributed by atoms with Crippen LogP contribution in [0.5, 0.6) is 0 Å². The molecule has 26 heavy (non-hydrogen) atoms. The number of hydrazine groups is 1. The topological polar surface area (TPSA) is 45.2 Å². The predicted molar refractivity (Wildman–Crippen MR) is 106 cm³/mol. The van der Waals surface area contributed by atoms with Gasteiger partial charge >= 0.3 is 0 Å². The number of carbonyl (C=O) groups is 1. The Bertz CT molecular complexity index is 729. The van der Waals surface area contributed by atoms with Crippen LogP contribution in [0.1, 0.15) is 62.1 Å². The number of amides is 1. The number of pyridine rings is 1. The molecule has 3 rings (SSSR count). The fraction of sp³-hybridized carbons (Fsp3) is 0.455. The number of aryl methyl sites for hydroxylation is 2. The van der Waals surface area contributed by atoms with Gasteiger partial charge in [0.15, 0.2) is 0 Å². The highest BCUT2D eigenvalue weighted by Gasteiger charge is 2.19. The molecule has 1 N–H and O–H groups in total. The number of nitrogens with one attached hydrogen (secondary N) is 1. The van der Waals surface area contributed by atoms with Gasteiger partial charge in [0.25, 0.3) is 0 Å². The number of aromatic nitrogens is 1. The van der Waals surface area contributed by atoms with E-state index in [-0.39, 0.29) is 5.91 Å². The number of benzene rings is 1. The molecule has 0 fully saturated rings. The van der Waals surface area contributed by atoms with Crippen molar-refractivity contribution in [2.45, 2.75) is 58.3 Å². The third-order valence-electron chi connectivity index (χ3n) is 5.15. The minimum atomic E-state index is -0.0345. The molecular formula is C22H29N3O. The Morgan fingerprint density at radius 1 is 1.15 bits per heavy atom. The molecule has 1 heterocycles. The van der Waals surface area contributed by atoms with Crippen LogP contribution in [-0.4, -0.2) is 17.4 Å². The van der Waals surface area contributed by atoms with Gasteiger partial charge in [0.05, 0.1) is 5.69 Å². The molecule has 4 heteroatoms. The molecule has 1 aromatic carbocycles. The number of hydrogen-bond acceptors (Lipinski definition) is 3. The standard InChI is InChI=1S/C22H29N3O/c1-3-6-21(19-11-13-23-14-12-19)16-25(24-17(2)26)22-10-9-18-7-4-5-8-20(18)15-22/h9-15,21H,3-8,16H2,1-2H3,(H,24,26). The van der Waals surface area contributed by atoms with Crippen molar-refractivity contribution in [2.24, 2.45) is 0 Å². The second kappa shape index (κ2) is 8.84. The molecule has 0 saturated heterocycles. The summed E-state index contributed by atoms with van der Waals surface area (Å²) < 4.78 is 0. The molecule has 1 amide bonds. The molecule has 0 saturated carbocycles. The van der Waals surface area contributed by atoms with E-state index in [1.54, 1.807) is 6.92 Å². The molecule has 0 spiro atoms. The van der Waals surface area contributed by atoms with Gasteiger partial charge in [-0.15, -0.1) is 0 Å². The number of fused-ring (bicyclic) bond motifs is 1. The van der Waals surface area contributed by atoms with Gasteiger partial charge in [-0.2, -0.15) is 0 Å². The maximum Gasteiger partial charge on any atom is 0.235 e. The van der Waals surface area contributed by atoms with Crippen LogP contribution < -0.4 is 10.4 Å². The maximum atomic E-state index is 11.8. The third kappa shape index (κ3) is 4.63. The second-order valence-electron chi connectivity index (χ2n) is 7.20. The molecule has 0 aliphatic heterocycles. The summed E-state index contributed by atoms with van der Waals surface area (Å²) in [7, 11) is 0. The number of nitrogens with zero attached hydrogens (tertiary/aromatic N) is 2. The van der Waals surface area contributed by atoms with Gasteiger partial charge in [0, 0.05) is 31.8 Å². The molecule has 0 bridgehead atoms. The van der Waals surface area contributed by atoms with E-state index in [1.807, 2.05) is 17.4 Å². The summed E-state index contributed by atoms with van der Waals surface area (Å²) in [6.45, 7) is 4.54. The van der Waals surface area contributed by atoms with Crippen LogP contribution in [0.4, 0.5) is 5.69 Å². The molecule has 1 aromatic heterocycles. The van der Waals surface area contributed by atoms with Crippen LogP contribution in [0.2, 0.25) is 0 Å². The molecule has 1 atom stereocenters. The SMILES string of the molecule is CCCC(CN(NC(C)=O)c1ccc2c(c1)CCCC2)c1ccncc1. The van der Waals surface area contributed by atoms with Crippen molar-refractivity contribution in [2.75, 3.05) is 11.6 Å². The number of rotatable bonds is 7. The fourth-order valence-corrected chi connectivity index (χ4v) is 3.86. The maximum absolute atomic E-state index is 11.8. The van der Waals surface area contributed by atoms with Crippen molar-refractivity contribution in [1.29, 1.82) is 0 Å². The van der Waals surface area contributed by atoms with Crippen molar-refractivity contribution in [3.05, 3.63) is 59.4 Å². The summed E-state index contributed by atoms with van der Waals surface area (Å²) in [5.41, 5.74) is 8.28. The summed E-state index contributed by atoms with van der Waals surface area (Å²) in [5, 5.41) is 2.03. The van der Waals surface area contributed by atoms with Crippen LogP contribution in [0, 0.1) is 0 Å². The lowest BCUT2D eigenvalue weighted by molar-refractivity contribution is -0.119. The summed E-state index contributed by atoms with van der Waals surface area (Å²) in [4.78, 5) is 16.0. The van der Waals surface area contributed by atoms with Crippen LogP contribution in [-0.2, 0) is 17.6 Å². The van der Waals surface area contributed by atoms with Crippen molar-refractivity contribution in [3.8, 4) is 0 Å². The summed E-state index contributed by atoms with van der Waals surface area (Å²) in [6, 6.07) is 10.8. The van der Waals surface area contributed by atoms with E-state index in [1.165, 1.54) is 36.0 Å². The molecule has 2 aromatic rings. The lowest BCUT2D eigenvalue weighted by atomic mass is 9.91. The Labute approximate surface area is 156 Å². The van der Waals surface area contributed by atoms with E-state index in [0.717, 1.165) is 31.5 Å². The molecular weight excluding hydrogens is 322 g/mol. The Kier molecular flexibility index (Phi) is 6.26. The highest BCUT2D eigenvalue weighted by Crippen LogP contribution is 2.28. The quantitative estimate of drug-likeness (QED) is 0.752. The van der Waals surface area contributed by atoms with Gasteiger partial charge in [0.2, 0.25) is 5.91 Å². The lowest BCUT2D eigenvalue weighted by Crippen LogP contribution is -2.43. The van der Waals surface area contributed by atoms with Crippen LogP contribution in [0.3, 0.4) is 0 Å². The fourth-order valence-electron chi connectivity index (χ4n) is 3.86. The smallest absolute Gasteiger partial charge is 0.235 e. The van der Waals surface area contributed by atoms with E-state index in [2.05, 4.69) is 47.7 Å². The number of hydrogen-bond donors (Lipinski definition) is 1. The Hall–Kier alpha value is -2.36. The second-order valence-corrected chi connectivity index (χ2v) is 7.20. The lowest BCUT2D eigenvalue weighted by Gasteiger charge is -2.30. The highest BCUT2D eigenvalue weighted by atomic mass is 16.2. The molecule has 0 radical (unpaired) electrons. The Balaban J connectivity index is 1.86. The third-order valence-corrected chi connectivity index (χ3v) is 5.15. The minimum Gasteiger partial charge on any atom is -0.285 e. The number of carbonyl (C=O) groups excluding carboxylic acids is 1. The molecule has 138 valence electrons. The van der Waals surface area contributed by atoms with Gasteiger partial charge in [0.1, 0.15) is 0 Å². The summed E-state index contributed by atoms with van der Waals surface area (Å²) in [5.74, 6) is 0.318. The molecule has 1 aliphatic rings. The van der Waals surface area contributed by atoms with Crippen molar-refractivity contribution in [3.63, 3.8) is 0 Å². The average Bonchev–Trinajstić information content (AvgIpc) is 2.67.